The van der Waals surface area contributed by atoms with Gasteiger partial charge in [0.05, 0.1) is 6.04 Å². The lowest BCUT2D eigenvalue weighted by molar-refractivity contribution is 0.573. The third-order valence-electron chi connectivity index (χ3n) is 3.66. The molecule has 4 heteroatoms. The summed E-state index contributed by atoms with van der Waals surface area (Å²) >= 11 is 1.80. The summed E-state index contributed by atoms with van der Waals surface area (Å²) in [7, 11) is 0. The van der Waals surface area contributed by atoms with Crippen LogP contribution < -0.4 is 5.32 Å². The standard InChI is InChI=1S/C17H19N3S/c1-3-15-11-20-17(21-15)12(2)19-10-14-6-4-5-13-9-18-8-7-16(13)14/h4-9,11-12,19H,3,10H2,1-2H3. The van der Waals surface area contributed by atoms with Crippen LogP contribution in [0.1, 0.15) is 35.3 Å². The van der Waals surface area contributed by atoms with E-state index in [1.807, 2.05) is 18.6 Å². The fraction of sp³-hybridized carbons (Fsp3) is 0.294. The Bertz CT molecular complexity index is 730. The van der Waals surface area contributed by atoms with Gasteiger partial charge in [0.2, 0.25) is 0 Å². The first-order valence-electron chi connectivity index (χ1n) is 7.27. The van der Waals surface area contributed by atoms with E-state index in [0.29, 0.717) is 0 Å². The molecule has 0 fully saturated rings. The maximum absolute atomic E-state index is 4.51. The Labute approximate surface area is 129 Å². The fourth-order valence-electron chi connectivity index (χ4n) is 2.38. The minimum absolute atomic E-state index is 0.271. The highest BCUT2D eigenvalue weighted by Gasteiger charge is 2.10. The van der Waals surface area contributed by atoms with E-state index < -0.39 is 0 Å². The molecule has 21 heavy (non-hydrogen) atoms. The van der Waals surface area contributed by atoms with Crippen molar-refractivity contribution in [2.75, 3.05) is 0 Å². The summed E-state index contributed by atoms with van der Waals surface area (Å²) in [6.07, 6.45) is 6.81. The van der Waals surface area contributed by atoms with Crippen LogP contribution in [0.5, 0.6) is 0 Å². The van der Waals surface area contributed by atoms with Crippen LogP contribution in [-0.4, -0.2) is 9.97 Å². The summed E-state index contributed by atoms with van der Waals surface area (Å²) in [4.78, 5) is 10.0. The molecule has 0 aliphatic rings. The van der Waals surface area contributed by atoms with Crippen molar-refractivity contribution >= 4 is 22.1 Å². The Hall–Kier alpha value is -1.78. The number of aromatic nitrogens is 2. The van der Waals surface area contributed by atoms with Crippen LogP contribution in [0.15, 0.2) is 42.9 Å². The van der Waals surface area contributed by atoms with Crippen molar-refractivity contribution in [2.24, 2.45) is 0 Å². The Morgan fingerprint density at radius 1 is 1.24 bits per heavy atom. The SMILES string of the molecule is CCc1cnc(C(C)NCc2cccc3cnccc23)s1. The fourth-order valence-corrected chi connectivity index (χ4v) is 3.26. The van der Waals surface area contributed by atoms with Gasteiger partial charge in [-0.3, -0.25) is 4.98 Å². The van der Waals surface area contributed by atoms with Crippen molar-refractivity contribution in [3.63, 3.8) is 0 Å². The molecular formula is C17H19N3S. The van der Waals surface area contributed by atoms with Crippen LogP contribution in [0.2, 0.25) is 0 Å². The molecule has 0 spiro atoms. The van der Waals surface area contributed by atoms with Crippen molar-refractivity contribution in [2.45, 2.75) is 32.9 Å². The molecule has 1 N–H and O–H groups in total. The Balaban J connectivity index is 1.74. The summed E-state index contributed by atoms with van der Waals surface area (Å²) in [5.74, 6) is 0. The van der Waals surface area contributed by atoms with Crippen LogP contribution in [0.3, 0.4) is 0 Å². The van der Waals surface area contributed by atoms with Gasteiger partial charge in [-0.2, -0.15) is 0 Å². The van der Waals surface area contributed by atoms with Gasteiger partial charge in [0.25, 0.3) is 0 Å². The molecule has 0 amide bonds. The number of hydrogen-bond donors (Lipinski definition) is 1. The van der Waals surface area contributed by atoms with Crippen molar-refractivity contribution in [3.8, 4) is 0 Å². The highest BCUT2D eigenvalue weighted by Crippen LogP contribution is 2.22. The van der Waals surface area contributed by atoms with Crippen molar-refractivity contribution < 1.29 is 0 Å². The molecule has 2 aromatic heterocycles. The Morgan fingerprint density at radius 2 is 2.14 bits per heavy atom. The first-order chi connectivity index (χ1) is 10.3. The van der Waals surface area contributed by atoms with Gasteiger partial charge in [-0.1, -0.05) is 25.1 Å². The number of nitrogens with zero attached hydrogens (tertiary/aromatic N) is 2. The lowest BCUT2D eigenvalue weighted by Gasteiger charge is -2.12. The second-order valence-corrected chi connectivity index (χ2v) is 6.28. The van der Waals surface area contributed by atoms with Gasteiger partial charge < -0.3 is 5.32 Å². The van der Waals surface area contributed by atoms with E-state index in [1.165, 1.54) is 21.2 Å². The number of thiazole rings is 1. The van der Waals surface area contributed by atoms with Crippen molar-refractivity contribution in [1.29, 1.82) is 0 Å². The molecular weight excluding hydrogens is 278 g/mol. The molecule has 3 aromatic rings. The molecule has 3 nitrogen and oxygen atoms in total. The van der Waals surface area contributed by atoms with Crippen LogP contribution >= 0.6 is 11.3 Å². The van der Waals surface area contributed by atoms with Crippen LogP contribution in [-0.2, 0) is 13.0 Å². The highest BCUT2D eigenvalue weighted by atomic mass is 32.1. The number of rotatable bonds is 5. The largest absolute Gasteiger partial charge is 0.304 e. The first kappa shape index (κ1) is 14.2. The average Bonchev–Trinajstić information content (AvgIpc) is 3.01. The summed E-state index contributed by atoms with van der Waals surface area (Å²) < 4.78 is 0. The van der Waals surface area contributed by atoms with E-state index in [4.69, 9.17) is 0 Å². The molecule has 0 aliphatic heterocycles. The van der Waals surface area contributed by atoms with Gasteiger partial charge in [0, 0.05) is 35.4 Å². The topological polar surface area (TPSA) is 37.8 Å². The van der Waals surface area contributed by atoms with Gasteiger partial charge >= 0.3 is 0 Å². The average molecular weight is 297 g/mol. The van der Waals surface area contributed by atoms with Gasteiger partial charge in [0.15, 0.2) is 0 Å². The van der Waals surface area contributed by atoms with Gasteiger partial charge in [-0.05, 0) is 30.4 Å². The van der Waals surface area contributed by atoms with E-state index in [9.17, 15) is 0 Å². The highest BCUT2D eigenvalue weighted by molar-refractivity contribution is 7.11. The number of aryl methyl sites for hydroxylation is 1. The summed E-state index contributed by atoms with van der Waals surface area (Å²) in [6, 6.07) is 8.71. The van der Waals surface area contributed by atoms with E-state index in [1.54, 1.807) is 11.3 Å². The number of nitrogens with one attached hydrogen (secondary N) is 1. The van der Waals surface area contributed by atoms with E-state index in [-0.39, 0.29) is 6.04 Å². The summed E-state index contributed by atoms with van der Waals surface area (Å²) in [6.45, 7) is 5.17. The molecule has 2 heterocycles. The molecule has 0 aliphatic carbocycles. The Morgan fingerprint density at radius 3 is 2.95 bits per heavy atom. The summed E-state index contributed by atoms with van der Waals surface area (Å²) in [5, 5.41) is 7.18. The molecule has 3 rings (SSSR count). The van der Waals surface area contributed by atoms with Crippen molar-refractivity contribution in [3.05, 3.63) is 58.3 Å². The minimum Gasteiger partial charge on any atom is -0.304 e. The van der Waals surface area contributed by atoms with Gasteiger partial charge in [-0.15, -0.1) is 11.3 Å². The third-order valence-corrected chi connectivity index (χ3v) is 4.98. The maximum Gasteiger partial charge on any atom is 0.109 e. The van der Waals surface area contributed by atoms with E-state index in [0.717, 1.165) is 18.0 Å². The smallest absolute Gasteiger partial charge is 0.109 e. The lowest BCUT2D eigenvalue weighted by atomic mass is 10.1. The minimum atomic E-state index is 0.271. The zero-order chi connectivity index (χ0) is 14.7. The first-order valence-corrected chi connectivity index (χ1v) is 8.09. The second-order valence-electron chi connectivity index (χ2n) is 5.13. The molecule has 1 atom stereocenters. The maximum atomic E-state index is 4.51. The monoisotopic (exact) mass is 297 g/mol. The quantitative estimate of drug-likeness (QED) is 0.770. The molecule has 0 radical (unpaired) electrons. The molecule has 0 saturated carbocycles. The third kappa shape index (κ3) is 3.12. The van der Waals surface area contributed by atoms with E-state index >= 15 is 0 Å². The van der Waals surface area contributed by atoms with E-state index in [2.05, 4.69) is 53.4 Å². The predicted molar refractivity (Wildman–Crippen MR) is 88.5 cm³/mol. The molecule has 108 valence electrons. The van der Waals surface area contributed by atoms with Gasteiger partial charge in [-0.25, -0.2) is 4.98 Å². The lowest BCUT2D eigenvalue weighted by Crippen LogP contribution is -2.18. The van der Waals surface area contributed by atoms with Gasteiger partial charge in [0.1, 0.15) is 5.01 Å². The molecule has 1 unspecified atom stereocenters. The second kappa shape index (κ2) is 6.33. The number of fused-ring (bicyclic) bond motifs is 1. The Kier molecular flexibility index (Phi) is 4.27. The van der Waals surface area contributed by atoms with Crippen molar-refractivity contribution in [1.82, 2.24) is 15.3 Å². The summed E-state index contributed by atoms with van der Waals surface area (Å²) in [5.41, 5.74) is 1.30. The van der Waals surface area contributed by atoms with Crippen LogP contribution in [0.4, 0.5) is 0 Å². The van der Waals surface area contributed by atoms with Crippen LogP contribution in [0, 0.1) is 0 Å². The number of hydrogen-bond acceptors (Lipinski definition) is 4. The predicted octanol–water partition coefficient (Wildman–Crippen LogP) is 4.10. The van der Waals surface area contributed by atoms with Crippen LogP contribution in [0.25, 0.3) is 10.8 Å². The molecule has 1 aromatic carbocycles. The zero-order valence-electron chi connectivity index (χ0n) is 12.3. The zero-order valence-corrected chi connectivity index (χ0v) is 13.2. The number of pyridine rings is 1. The molecule has 0 saturated heterocycles. The number of benzene rings is 1. The molecule has 0 bridgehead atoms. The normalized spacial score (nSPS) is 12.7.